The molecule has 1 aliphatic heterocycles. The number of para-hydroxylation sites is 3. The van der Waals surface area contributed by atoms with Gasteiger partial charge in [-0.05, 0) is 59.7 Å². The number of allylic oxidation sites excluding steroid dienone is 1. The van der Waals surface area contributed by atoms with E-state index in [0.717, 1.165) is 50.6 Å². The molecule has 254 valence electrons. The van der Waals surface area contributed by atoms with Crippen molar-refractivity contribution < 1.29 is 0 Å². The average Bonchev–Trinajstić information content (AvgIpc) is 3.80. The quantitative estimate of drug-likeness (QED) is 0.193. The molecule has 10 aromatic rings. The summed E-state index contributed by atoms with van der Waals surface area (Å²) in [6.45, 7) is 0. The van der Waals surface area contributed by atoms with E-state index in [0.29, 0.717) is 0 Å². The fourth-order valence-corrected chi connectivity index (χ4v) is 9.29. The number of aromatic nitrogens is 2. The maximum Gasteiger partial charge on any atom is 0.145 e. The van der Waals surface area contributed by atoms with Crippen molar-refractivity contribution in [2.45, 2.75) is 6.17 Å². The maximum atomic E-state index is 5.34. The molecular formula is C49H32N4S. The van der Waals surface area contributed by atoms with Gasteiger partial charge in [0.2, 0.25) is 0 Å². The third-order valence-electron chi connectivity index (χ3n) is 10.6. The van der Waals surface area contributed by atoms with Crippen molar-refractivity contribution in [1.29, 1.82) is 0 Å². The van der Waals surface area contributed by atoms with Crippen LogP contribution in [0.3, 0.4) is 0 Å². The summed E-state index contributed by atoms with van der Waals surface area (Å²) in [5.41, 5.74) is 12.0. The minimum atomic E-state index is -0.233. The molecule has 0 saturated carbocycles. The van der Waals surface area contributed by atoms with Crippen LogP contribution in [0.4, 0.5) is 0 Å². The lowest BCUT2D eigenvalue weighted by molar-refractivity contribution is 0.664. The minimum Gasteiger partial charge on any atom is -0.360 e. The second kappa shape index (κ2) is 12.4. The van der Waals surface area contributed by atoms with E-state index in [1.807, 2.05) is 11.3 Å². The van der Waals surface area contributed by atoms with Crippen molar-refractivity contribution in [3.63, 3.8) is 0 Å². The van der Waals surface area contributed by atoms with E-state index >= 15 is 0 Å². The monoisotopic (exact) mass is 708 g/mol. The van der Waals surface area contributed by atoms with E-state index in [1.165, 1.54) is 47.4 Å². The predicted octanol–water partition coefficient (Wildman–Crippen LogP) is 12.5. The topological polar surface area (TPSA) is 42.2 Å². The Bertz CT molecular complexity index is 3060. The Morgan fingerprint density at radius 3 is 1.91 bits per heavy atom. The molecular weight excluding hydrogens is 677 g/mol. The summed E-state index contributed by atoms with van der Waals surface area (Å²) in [5, 5.41) is 9.94. The van der Waals surface area contributed by atoms with Crippen LogP contribution >= 0.6 is 11.3 Å². The zero-order chi connectivity index (χ0) is 35.6. The fraction of sp³-hybridized carbons (Fsp3) is 0.0204. The largest absolute Gasteiger partial charge is 0.360 e. The smallest absolute Gasteiger partial charge is 0.145 e. The van der Waals surface area contributed by atoms with Gasteiger partial charge in [-0.25, -0.2) is 4.98 Å². The van der Waals surface area contributed by atoms with Crippen molar-refractivity contribution >= 4 is 75.6 Å². The zero-order valence-corrected chi connectivity index (χ0v) is 30.0. The standard InChI is InChI=1S/C49H32N4S/c1-3-13-32(14-4-1)47-48-46(38-19-7-10-20-40(38)50-47)39-29-34(25-28-45(39)54-48)42-30-41(51-49(52-42)33-15-5-2-6-16-33)31-23-26-35(27-24-31)53-43-21-11-8-17-36(43)37-18-9-12-22-44(37)53/h1-30,49,51H. The zero-order valence-electron chi connectivity index (χ0n) is 29.1. The predicted molar refractivity (Wildman–Crippen MR) is 228 cm³/mol. The molecule has 0 bridgehead atoms. The van der Waals surface area contributed by atoms with Gasteiger partial charge in [-0.3, -0.25) is 4.99 Å². The van der Waals surface area contributed by atoms with E-state index in [2.05, 4.69) is 192 Å². The normalized spacial score (nSPS) is 14.5. The van der Waals surface area contributed by atoms with Crippen LogP contribution < -0.4 is 5.32 Å². The van der Waals surface area contributed by atoms with Crippen molar-refractivity contribution in [2.24, 2.45) is 4.99 Å². The second-order valence-corrected chi connectivity index (χ2v) is 14.9. The van der Waals surface area contributed by atoms with Crippen LogP contribution in [0.1, 0.15) is 22.9 Å². The average molecular weight is 709 g/mol. The van der Waals surface area contributed by atoms with Gasteiger partial charge in [-0.15, -0.1) is 11.3 Å². The summed E-state index contributed by atoms with van der Waals surface area (Å²) >= 11 is 1.82. The van der Waals surface area contributed by atoms with Crippen molar-refractivity contribution in [2.75, 3.05) is 0 Å². The van der Waals surface area contributed by atoms with Gasteiger partial charge >= 0.3 is 0 Å². The summed E-state index contributed by atoms with van der Waals surface area (Å²) < 4.78 is 4.81. The van der Waals surface area contributed by atoms with E-state index in [4.69, 9.17) is 9.98 Å². The molecule has 4 nitrogen and oxygen atoms in total. The number of pyridine rings is 1. The van der Waals surface area contributed by atoms with E-state index in [-0.39, 0.29) is 6.17 Å². The minimum absolute atomic E-state index is 0.233. The molecule has 1 aliphatic rings. The highest BCUT2D eigenvalue weighted by molar-refractivity contribution is 7.26. The Hall–Kier alpha value is -6.82. The molecule has 0 saturated heterocycles. The van der Waals surface area contributed by atoms with Crippen LogP contribution in [0, 0.1) is 0 Å². The van der Waals surface area contributed by atoms with E-state index in [9.17, 15) is 0 Å². The van der Waals surface area contributed by atoms with Gasteiger partial charge in [0.15, 0.2) is 0 Å². The molecule has 1 unspecified atom stereocenters. The molecule has 4 heterocycles. The third kappa shape index (κ3) is 4.97. The molecule has 1 atom stereocenters. The summed E-state index contributed by atoms with van der Waals surface area (Å²) in [7, 11) is 0. The Balaban J connectivity index is 1.05. The van der Waals surface area contributed by atoms with Gasteiger partial charge in [0, 0.05) is 54.1 Å². The van der Waals surface area contributed by atoms with Crippen molar-refractivity contribution in [3.05, 3.63) is 199 Å². The molecule has 1 N–H and O–H groups in total. The first kappa shape index (κ1) is 30.8. The first-order valence-corrected chi connectivity index (χ1v) is 19.1. The first-order valence-electron chi connectivity index (χ1n) is 18.3. The second-order valence-electron chi connectivity index (χ2n) is 13.8. The van der Waals surface area contributed by atoms with Gasteiger partial charge in [0.1, 0.15) is 6.17 Å². The van der Waals surface area contributed by atoms with Crippen molar-refractivity contribution in [3.8, 4) is 16.9 Å². The van der Waals surface area contributed by atoms with Crippen LogP contribution in [0.25, 0.3) is 75.5 Å². The van der Waals surface area contributed by atoms with Crippen LogP contribution in [0.15, 0.2) is 187 Å². The molecule has 3 aromatic heterocycles. The lowest BCUT2D eigenvalue weighted by Gasteiger charge is -2.25. The lowest BCUT2D eigenvalue weighted by atomic mass is 9.99. The third-order valence-corrected chi connectivity index (χ3v) is 11.8. The van der Waals surface area contributed by atoms with Crippen LogP contribution in [0.5, 0.6) is 0 Å². The number of rotatable bonds is 5. The van der Waals surface area contributed by atoms with Crippen LogP contribution in [0.2, 0.25) is 0 Å². The molecule has 0 spiro atoms. The summed E-state index contributed by atoms with van der Waals surface area (Å²) in [5.74, 6) is 0. The number of fused-ring (bicyclic) bond motifs is 8. The number of aliphatic imine (C=N–C) groups is 1. The Labute approximate surface area is 316 Å². The molecule has 0 amide bonds. The van der Waals surface area contributed by atoms with Crippen molar-refractivity contribution in [1.82, 2.24) is 14.9 Å². The van der Waals surface area contributed by atoms with Gasteiger partial charge in [-0.1, -0.05) is 133 Å². The van der Waals surface area contributed by atoms with Gasteiger partial charge in [0.25, 0.3) is 0 Å². The Morgan fingerprint density at radius 1 is 0.537 bits per heavy atom. The van der Waals surface area contributed by atoms with E-state index < -0.39 is 0 Å². The number of thiophene rings is 1. The van der Waals surface area contributed by atoms with Crippen LogP contribution in [-0.2, 0) is 0 Å². The van der Waals surface area contributed by atoms with Gasteiger partial charge < -0.3 is 9.88 Å². The molecule has 11 rings (SSSR count). The number of benzene rings is 7. The highest BCUT2D eigenvalue weighted by atomic mass is 32.1. The molecule has 7 aromatic carbocycles. The molecule has 54 heavy (non-hydrogen) atoms. The number of nitrogens with zero attached hydrogens (tertiary/aromatic N) is 3. The highest BCUT2D eigenvalue weighted by Gasteiger charge is 2.22. The van der Waals surface area contributed by atoms with Crippen LogP contribution in [-0.4, -0.2) is 15.3 Å². The number of hydrogen-bond acceptors (Lipinski definition) is 4. The number of nitrogens with one attached hydrogen (secondary N) is 1. The summed E-state index contributed by atoms with van der Waals surface area (Å²) in [4.78, 5) is 10.5. The Kier molecular flexibility index (Phi) is 7.07. The lowest BCUT2D eigenvalue weighted by Crippen LogP contribution is -2.24. The van der Waals surface area contributed by atoms with Gasteiger partial charge in [-0.2, -0.15) is 0 Å². The molecule has 0 fully saturated rings. The van der Waals surface area contributed by atoms with Gasteiger partial charge in [0.05, 0.1) is 32.7 Å². The summed E-state index contributed by atoms with van der Waals surface area (Å²) in [6.07, 6.45) is 1.97. The molecule has 0 aliphatic carbocycles. The highest BCUT2D eigenvalue weighted by Crippen LogP contribution is 2.43. The van der Waals surface area contributed by atoms with E-state index in [1.54, 1.807) is 0 Å². The number of hydrogen-bond donors (Lipinski definition) is 1. The first-order chi connectivity index (χ1) is 26.8. The molecule has 5 heteroatoms. The fourth-order valence-electron chi connectivity index (χ4n) is 8.08. The summed E-state index contributed by atoms with van der Waals surface area (Å²) in [6, 6.07) is 62.6. The SMILES string of the molecule is C1=C(c2ccc(-n3c4ccccc4c4ccccc43)cc2)NC(c2ccccc2)N=C1c1ccc2sc3c(-c4ccccc4)nc4ccccc4c3c2c1. The Morgan fingerprint density at radius 2 is 1.17 bits per heavy atom. The maximum absolute atomic E-state index is 5.34. The molecule has 0 radical (unpaired) electrons.